The normalized spacial score (nSPS) is 9.94. The van der Waals surface area contributed by atoms with Crippen molar-refractivity contribution in [3.8, 4) is 0 Å². The second-order valence-corrected chi connectivity index (χ2v) is 3.92. The van der Waals surface area contributed by atoms with Crippen molar-refractivity contribution in [1.29, 1.82) is 0 Å². The molecular formula is C10H8BrF2NO2. The molecule has 0 unspecified atom stereocenters. The van der Waals surface area contributed by atoms with E-state index in [1.807, 2.05) is 0 Å². The number of nitrogens with one attached hydrogen (secondary N) is 1. The first-order valence-electron chi connectivity index (χ1n) is 4.21. The van der Waals surface area contributed by atoms with Crippen molar-refractivity contribution in [3.05, 3.63) is 40.4 Å². The van der Waals surface area contributed by atoms with Crippen LogP contribution in [0.15, 0.2) is 28.8 Å². The van der Waals surface area contributed by atoms with Crippen LogP contribution in [-0.2, 0) is 4.79 Å². The summed E-state index contributed by atoms with van der Waals surface area (Å²) in [5.74, 6) is -2.82. The lowest BCUT2D eigenvalue weighted by molar-refractivity contribution is -0.132. The Hall–Kier alpha value is -1.43. The topological polar surface area (TPSA) is 49.3 Å². The third-order valence-corrected chi connectivity index (χ3v) is 2.25. The average Bonchev–Trinajstić information content (AvgIpc) is 2.15. The first kappa shape index (κ1) is 12.6. The molecule has 0 atom stereocenters. The summed E-state index contributed by atoms with van der Waals surface area (Å²) >= 11 is 2.93. The molecule has 0 heterocycles. The molecule has 0 aliphatic heterocycles. The van der Waals surface area contributed by atoms with Crippen molar-refractivity contribution in [1.82, 2.24) is 0 Å². The quantitative estimate of drug-likeness (QED) is 0.839. The van der Waals surface area contributed by atoms with Crippen molar-refractivity contribution in [3.63, 3.8) is 0 Å². The smallest absolute Gasteiger partial charge is 0.332 e. The van der Waals surface area contributed by atoms with Crippen LogP contribution in [0.5, 0.6) is 0 Å². The number of hydrogen-bond donors (Lipinski definition) is 2. The number of rotatable bonds is 4. The van der Waals surface area contributed by atoms with Crippen LogP contribution in [0.3, 0.4) is 0 Å². The zero-order valence-corrected chi connectivity index (χ0v) is 9.64. The predicted molar refractivity (Wildman–Crippen MR) is 59.3 cm³/mol. The van der Waals surface area contributed by atoms with E-state index in [0.717, 1.165) is 12.1 Å². The van der Waals surface area contributed by atoms with Crippen LogP contribution in [0.4, 0.5) is 14.5 Å². The molecule has 0 fully saturated rings. The van der Waals surface area contributed by atoms with Gasteiger partial charge in [-0.1, -0.05) is 22.5 Å². The van der Waals surface area contributed by atoms with Gasteiger partial charge >= 0.3 is 5.97 Å². The molecule has 3 nitrogen and oxygen atoms in total. The monoisotopic (exact) mass is 291 g/mol. The molecule has 2 N–H and O–H groups in total. The summed E-state index contributed by atoms with van der Waals surface area (Å²) < 4.78 is 26.8. The van der Waals surface area contributed by atoms with E-state index in [1.165, 1.54) is 0 Å². The van der Waals surface area contributed by atoms with Gasteiger partial charge in [-0.2, -0.15) is 0 Å². The molecule has 86 valence electrons. The highest BCUT2D eigenvalue weighted by Crippen LogP contribution is 2.23. The Kier molecular flexibility index (Phi) is 4.00. The third kappa shape index (κ3) is 3.03. The molecule has 0 bridgehead atoms. The highest BCUT2D eigenvalue weighted by molar-refractivity contribution is 9.10. The summed E-state index contributed by atoms with van der Waals surface area (Å²) in [5, 5.41) is 10.8. The van der Waals surface area contributed by atoms with Crippen LogP contribution in [0, 0.1) is 11.6 Å². The Morgan fingerprint density at radius 1 is 1.44 bits per heavy atom. The molecule has 0 spiro atoms. The zero-order chi connectivity index (χ0) is 12.3. The van der Waals surface area contributed by atoms with E-state index in [-0.39, 0.29) is 22.3 Å². The fourth-order valence-electron chi connectivity index (χ4n) is 0.982. The average molecular weight is 292 g/mol. The minimum atomic E-state index is -1.22. The highest BCUT2D eigenvalue weighted by Gasteiger charge is 2.11. The van der Waals surface area contributed by atoms with Crippen molar-refractivity contribution in [2.75, 3.05) is 11.9 Å². The third-order valence-electron chi connectivity index (χ3n) is 1.79. The molecule has 1 rings (SSSR count). The molecule has 1 aromatic rings. The van der Waals surface area contributed by atoms with Crippen molar-refractivity contribution >= 4 is 27.6 Å². The summed E-state index contributed by atoms with van der Waals surface area (Å²) in [6.07, 6.45) is 0. The lowest BCUT2D eigenvalue weighted by Gasteiger charge is -2.08. The summed E-state index contributed by atoms with van der Waals surface area (Å²) in [6.45, 7) is 3.00. The van der Waals surface area contributed by atoms with E-state index in [4.69, 9.17) is 5.11 Å². The van der Waals surface area contributed by atoms with Gasteiger partial charge < -0.3 is 10.4 Å². The largest absolute Gasteiger partial charge is 0.478 e. The Balaban J connectivity index is 2.82. The second kappa shape index (κ2) is 5.07. The Morgan fingerprint density at radius 2 is 1.94 bits per heavy atom. The molecule has 0 aromatic heterocycles. The highest BCUT2D eigenvalue weighted by atomic mass is 79.9. The summed E-state index contributed by atoms with van der Waals surface area (Å²) in [4.78, 5) is 10.4. The lowest BCUT2D eigenvalue weighted by Crippen LogP contribution is -2.13. The van der Waals surface area contributed by atoms with Gasteiger partial charge in [0.1, 0.15) is 17.3 Å². The summed E-state index contributed by atoms with van der Waals surface area (Å²) in [5.41, 5.74) is -0.549. The van der Waals surface area contributed by atoms with Crippen molar-refractivity contribution in [2.24, 2.45) is 0 Å². The molecular weight excluding hydrogens is 284 g/mol. The Labute approximate surface area is 98.9 Å². The number of hydrogen-bond acceptors (Lipinski definition) is 2. The number of aliphatic carboxylic acids is 1. The molecule has 0 aliphatic carbocycles. The van der Waals surface area contributed by atoms with E-state index in [0.29, 0.717) is 0 Å². The van der Waals surface area contributed by atoms with Gasteiger partial charge in [0.05, 0.1) is 0 Å². The van der Waals surface area contributed by atoms with Crippen LogP contribution >= 0.6 is 15.9 Å². The van der Waals surface area contributed by atoms with E-state index < -0.39 is 17.6 Å². The fraction of sp³-hybridized carbons (Fsp3) is 0.100. The number of carboxylic acids is 1. The molecule has 0 radical (unpaired) electrons. The second-order valence-electron chi connectivity index (χ2n) is 3.01. The van der Waals surface area contributed by atoms with E-state index >= 15 is 0 Å². The summed E-state index contributed by atoms with van der Waals surface area (Å²) in [6, 6.07) is 2.16. The molecule has 0 amide bonds. The fourth-order valence-corrected chi connectivity index (χ4v) is 1.38. The van der Waals surface area contributed by atoms with Crippen LogP contribution in [0.1, 0.15) is 0 Å². The lowest BCUT2D eigenvalue weighted by atomic mass is 10.2. The molecule has 0 aliphatic rings. The molecule has 16 heavy (non-hydrogen) atoms. The van der Waals surface area contributed by atoms with Gasteiger partial charge in [-0.25, -0.2) is 13.6 Å². The van der Waals surface area contributed by atoms with Crippen molar-refractivity contribution in [2.45, 2.75) is 0 Å². The van der Waals surface area contributed by atoms with Gasteiger partial charge in [-0.15, -0.1) is 0 Å². The minimum Gasteiger partial charge on any atom is -0.478 e. The first-order valence-corrected chi connectivity index (χ1v) is 5.00. The first-order chi connectivity index (χ1) is 7.41. The number of anilines is 1. The van der Waals surface area contributed by atoms with Gasteiger partial charge in [-0.3, -0.25) is 0 Å². The Morgan fingerprint density at radius 3 is 2.38 bits per heavy atom. The van der Waals surface area contributed by atoms with Gasteiger partial charge in [0.2, 0.25) is 0 Å². The number of benzene rings is 1. The zero-order valence-electron chi connectivity index (χ0n) is 8.06. The van der Waals surface area contributed by atoms with Crippen LogP contribution in [0.25, 0.3) is 0 Å². The van der Waals surface area contributed by atoms with E-state index in [9.17, 15) is 13.6 Å². The molecule has 0 saturated carbocycles. The van der Waals surface area contributed by atoms with Crippen LogP contribution in [-0.4, -0.2) is 17.6 Å². The number of halogens is 3. The SMILES string of the molecule is C=C(CNc1c(F)cc(Br)cc1F)C(=O)O. The summed E-state index contributed by atoms with van der Waals surface area (Å²) in [7, 11) is 0. The van der Waals surface area contributed by atoms with Gasteiger partial charge in [0, 0.05) is 16.6 Å². The maximum absolute atomic E-state index is 13.3. The van der Waals surface area contributed by atoms with E-state index in [2.05, 4.69) is 27.8 Å². The Bertz CT molecular complexity index is 425. The maximum atomic E-state index is 13.3. The number of carbonyl (C=O) groups is 1. The maximum Gasteiger partial charge on any atom is 0.332 e. The predicted octanol–water partition coefficient (Wildman–Crippen LogP) is 2.78. The van der Waals surface area contributed by atoms with Crippen LogP contribution in [0.2, 0.25) is 0 Å². The molecule has 0 saturated heterocycles. The molecule has 1 aromatic carbocycles. The van der Waals surface area contributed by atoms with Crippen LogP contribution < -0.4 is 5.32 Å². The standard InChI is InChI=1S/C10H8BrF2NO2/c1-5(10(15)16)4-14-9-7(12)2-6(11)3-8(9)13/h2-3,14H,1,4H2,(H,15,16). The minimum absolute atomic E-state index is 0.179. The van der Waals surface area contributed by atoms with Crippen molar-refractivity contribution < 1.29 is 18.7 Å². The van der Waals surface area contributed by atoms with Gasteiger partial charge in [0.25, 0.3) is 0 Å². The van der Waals surface area contributed by atoms with Gasteiger partial charge in [0.15, 0.2) is 0 Å². The molecule has 6 heteroatoms. The number of carboxylic acid groups (broad SMARTS) is 1. The van der Waals surface area contributed by atoms with E-state index in [1.54, 1.807) is 0 Å². The van der Waals surface area contributed by atoms with Gasteiger partial charge in [-0.05, 0) is 12.1 Å².